The van der Waals surface area contributed by atoms with Crippen molar-refractivity contribution in [3.63, 3.8) is 0 Å². The summed E-state index contributed by atoms with van der Waals surface area (Å²) in [7, 11) is 0. The molecule has 3 heteroatoms. The van der Waals surface area contributed by atoms with E-state index in [1.54, 1.807) is 0 Å². The maximum atomic E-state index is 9.80. The molecular formula is C10H10BrClO. The smallest absolute Gasteiger partial charge is 0.0818 e. The second kappa shape index (κ2) is 3.60. The number of aliphatic hydroxyl groups is 1. The summed E-state index contributed by atoms with van der Waals surface area (Å²) in [5, 5.41) is 10.5. The number of benzene rings is 1. The molecule has 0 heterocycles. The van der Waals surface area contributed by atoms with E-state index in [2.05, 4.69) is 15.9 Å². The van der Waals surface area contributed by atoms with E-state index in [4.69, 9.17) is 11.6 Å². The minimum Gasteiger partial charge on any atom is -0.388 e. The average Bonchev–Trinajstić information content (AvgIpc) is 2.91. The number of halogens is 2. The molecule has 70 valence electrons. The van der Waals surface area contributed by atoms with Crippen LogP contribution in [-0.2, 0) is 0 Å². The summed E-state index contributed by atoms with van der Waals surface area (Å²) in [6, 6.07) is 5.62. The molecule has 0 amide bonds. The Balaban J connectivity index is 2.24. The molecule has 1 nitrogen and oxygen atoms in total. The molecule has 0 radical (unpaired) electrons. The van der Waals surface area contributed by atoms with Crippen molar-refractivity contribution in [3.05, 3.63) is 33.3 Å². The second-order valence-corrected chi connectivity index (χ2v) is 4.72. The molecule has 1 atom stereocenters. The van der Waals surface area contributed by atoms with E-state index in [0.29, 0.717) is 10.9 Å². The molecule has 2 rings (SSSR count). The van der Waals surface area contributed by atoms with Gasteiger partial charge in [0.15, 0.2) is 0 Å². The van der Waals surface area contributed by atoms with Gasteiger partial charge in [-0.2, -0.15) is 0 Å². The molecule has 0 spiro atoms. The van der Waals surface area contributed by atoms with Gasteiger partial charge in [-0.1, -0.05) is 17.7 Å². The van der Waals surface area contributed by atoms with E-state index in [-0.39, 0.29) is 6.10 Å². The highest BCUT2D eigenvalue weighted by molar-refractivity contribution is 9.10. The van der Waals surface area contributed by atoms with Crippen LogP contribution < -0.4 is 0 Å². The highest BCUT2D eigenvalue weighted by atomic mass is 79.9. The molecule has 1 unspecified atom stereocenters. The highest BCUT2D eigenvalue weighted by Gasteiger charge is 2.30. The van der Waals surface area contributed by atoms with Gasteiger partial charge in [-0.25, -0.2) is 0 Å². The normalized spacial score (nSPS) is 18.7. The van der Waals surface area contributed by atoms with Crippen LogP contribution in [-0.4, -0.2) is 5.11 Å². The second-order valence-electron chi connectivity index (χ2n) is 3.46. The van der Waals surface area contributed by atoms with Gasteiger partial charge < -0.3 is 5.11 Å². The van der Waals surface area contributed by atoms with Crippen LogP contribution in [0.25, 0.3) is 0 Å². The summed E-state index contributed by atoms with van der Waals surface area (Å²) in [4.78, 5) is 0. The minimum atomic E-state index is -0.328. The Hall–Kier alpha value is -0.0500. The summed E-state index contributed by atoms with van der Waals surface area (Å²) < 4.78 is 0.876. The van der Waals surface area contributed by atoms with E-state index in [1.165, 1.54) is 0 Å². The zero-order valence-electron chi connectivity index (χ0n) is 7.00. The third kappa shape index (κ3) is 2.06. The van der Waals surface area contributed by atoms with E-state index in [9.17, 15) is 5.11 Å². The summed E-state index contributed by atoms with van der Waals surface area (Å²) in [5.41, 5.74) is 0.927. The molecule has 0 bridgehead atoms. The first-order valence-corrected chi connectivity index (χ1v) is 5.48. The predicted molar refractivity (Wildman–Crippen MR) is 56.8 cm³/mol. The van der Waals surface area contributed by atoms with Crippen molar-refractivity contribution < 1.29 is 5.11 Å². The maximum Gasteiger partial charge on any atom is 0.0818 e. The molecule has 13 heavy (non-hydrogen) atoms. The number of aliphatic hydroxyl groups excluding tert-OH is 1. The van der Waals surface area contributed by atoms with Crippen molar-refractivity contribution in [2.24, 2.45) is 5.92 Å². The maximum absolute atomic E-state index is 9.80. The van der Waals surface area contributed by atoms with Crippen molar-refractivity contribution >= 4 is 27.5 Å². The third-order valence-corrected chi connectivity index (χ3v) is 3.59. The fraction of sp³-hybridized carbons (Fsp3) is 0.400. The van der Waals surface area contributed by atoms with Crippen LogP contribution in [0, 0.1) is 5.92 Å². The van der Waals surface area contributed by atoms with Crippen LogP contribution in [0.5, 0.6) is 0 Å². The Labute approximate surface area is 90.9 Å². The van der Waals surface area contributed by atoms with Crippen molar-refractivity contribution in [3.8, 4) is 0 Å². The van der Waals surface area contributed by atoms with Gasteiger partial charge in [-0.05, 0) is 52.4 Å². The van der Waals surface area contributed by atoms with Crippen LogP contribution in [0.15, 0.2) is 22.7 Å². The van der Waals surface area contributed by atoms with Gasteiger partial charge in [0.1, 0.15) is 0 Å². The number of hydrogen-bond acceptors (Lipinski definition) is 1. The van der Waals surface area contributed by atoms with Crippen molar-refractivity contribution in [2.75, 3.05) is 0 Å². The first-order valence-electron chi connectivity index (χ1n) is 4.31. The van der Waals surface area contributed by atoms with Crippen molar-refractivity contribution in [2.45, 2.75) is 18.9 Å². The first-order chi connectivity index (χ1) is 6.18. The van der Waals surface area contributed by atoms with Crippen LogP contribution in [0.3, 0.4) is 0 Å². The molecular weight excluding hydrogens is 251 g/mol. The lowest BCUT2D eigenvalue weighted by Gasteiger charge is -2.09. The molecule has 1 aliphatic rings. The van der Waals surface area contributed by atoms with E-state index in [0.717, 1.165) is 22.9 Å². The molecule has 0 aliphatic heterocycles. The fourth-order valence-corrected chi connectivity index (χ4v) is 1.82. The van der Waals surface area contributed by atoms with E-state index < -0.39 is 0 Å². The number of hydrogen-bond donors (Lipinski definition) is 1. The van der Waals surface area contributed by atoms with Crippen molar-refractivity contribution in [1.82, 2.24) is 0 Å². The zero-order valence-corrected chi connectivity index (χ0v) is 9.35. The Kier molecular flexibility index (Phi) is 2.63. The monoisotopic (exact) mass is 260 g/mol. The molecule has 1 aliphatic carbocycles. The first kappa shape index (κ1) is 9.50. The minimum absolute atomic E-state index is 0.328. The van der Waals surface area contributed by atoms with Gasteiger partial charge in [-0.15, -0.1) is 0 Å². The Bertz CT molecular complexity index is 323. The predicted octanol–water partition coefficient (Wildman–Crippen LogP) is 3.55. The van der Waals surface area contributed by atoms with Gasteiger partial charge in [0.05, 0.1) is 11.1 Å². The quantitative estimate of drug-likeness (QED) is 0.863. The molecule has 0 saturated heterocycles. The van der Waals surface area contributed by atoms with Gasteiger partial charge in [-0.3, -0.25) is 0 Å². The summed E-state index contributed by atoms with van der Waals surface area (Å²) in [6.45, 7) is 0. The fourth-order valence-electron chi connectivity index (χ4n) is 1.38. The zero-order chi connectivity index (χ0) is 9.42. The summed E-state index contributed by atoms with van der Waals surface area (Å²) in [5.74, 6) is 0.456. The lowest BCUT2D eigenvalue weighted by Crippen LogP contribution is -1.98. The molecule has 1 saturated carbocycles. The average molecular weight is 262 g/mol. The lowest BCUT2D eigenvalue weighted by molar-refractivity contribution is 0.154. The highest BCUT2D eigenvalue weighted by Crippen LogP contribution is 2.41. The van der Waals surface area contributed by atoms with E-state index >= 15 is 0 Å². The molecule has 1 aromatic carbocycles. The molecule has 1 N–H and O–H groups in total. The largest absolute Gasteiger partial charge is 0.388 e. The van der Waals surface area contributed by atoms with Crippen LogP contribution in [0.1, 0.15) is 24.5 Å². The van der Waals surface area contributed by atoms with Gasteiger partial charge in [0.25, 0.3) is 0 Å². The Morgan fingerprint density at radius 3 is 2.69 bits per heavy atom. The molecule has 1 fully saturated rings. The Morgan fingerprint density at radius 2 is 2.15 bits per heavy atom. The molecule has 0 aromatic heterocycles. The SMILES string of the molecule is OC(c1ccc(Br)c(Cl)c1)C1CC1. The van der Waals surface area contributed by atoms with Crippen molar-refractivity contribution in [1.29, 1.82) is 0 Å². The van der Waals surface area contributed by atoms with Gasteiger partial charge >= 0.3 is 0 Å². The third-order valence-electron chi connectivity index (χ3n) is 2.35. The summed E-state index contributed by atoms with van der Waals surface area (Å²) in [6.07, 6.45) is 1.94. The van der Waals surface area contributed by atoms with Crippen LogP contribution >= 0.6 is 27.5 Å². The summed E-state index contributed by atoms with van der Waals surface area (Å²) >= 11 is 9.24. The number of rotatable bonds is 2. The lowest BCUT2D eigenvalue weighted by atomic mass is 10.1. The standard InChI is InChI=1S/C10H10BrClO/c11-8-4-3-7(5-9(8)12)10(13)6-1-2-6/h3-6,10,13H,1-2H2. The topological polar surface area (TPSA) is 20.2 Å². The van der Waals surface area contributed by atoms with Gasteiger partial charge in [0.2, 0.25) is 0 Å². The van der Waals surface area contributed by atoms with Crippen LogP contribution in [0.4, 0.5) is 0 Å². The van der Waals surface area contributed by atoms with E-state index in [1.807, 2.05) is 18.2 Å². The molecule has 1 aromatic rings. The van der Waals surface area contributed by atoms with Crippen LogP contribution in [0.2, 0.25) is 5.02 Å². The van der Waals surface area contributed by atoms with Gasteiger partial charge in [0, 0.05) is 4.47 Å². The Morgan fingerprint density at radius 1 is 1.46 bits per heavy atom.